The minimum absolute atomic E-state index is 0.0976. The fourth-order valence-corrected chi connectivity index (χ4v) is 2.72. The topological polar surface area (TPSA) is 92.2 Å². The van der Waals surface area contributed by atoms with E-state index in [0.717, 1.165) is 27.5 Å². The summed E-state index contributed by atoms with van der Waals surface area (Å²) in [5.74, 6) is 0.0976. The first-order valence-corrected chi connectivity index (χ1v) is 8.50. The summed E-state index contributed by atoms with van der Waals surface area (Å²) >= 11 is 12.2. The van der Waals surface area contributed by atoms with Crippen molar-refractivity contribution in [3.05, 3.63) is 40.4 Å². The van der Waals surface area contributed by atoms with Crippen LogP contribution in [0, 0.1) is 0 Å². The van der Waals surface area contributed by atoms with Crippen molar-refractivity contribution in [1.29, 1.82) is 0 Å². The maximum absolute atomic E-state index is 6.12. The summed E-state index contributed by atoms with van der Waals surface area (Å²) in [5, 5.41) is 6.49. The molecule has 128 valence electrons. The Morgan fingerprint density at radius 3 is 2.42 bits per heavy atom. The van der Waals surface area contributed by atoms with Crippen LogP contribution >= 0.6 is 23.2 Å². The van der Waals surface area contributed by atoms with E-state index in [1.54, 1.807) is 0 Å². The fraction of sp³-hybridized carbons (Fsp3) is 0.235. The zero-order valence-electron chi connectivity index (χ0n) is 13.7. The number of aromatic amines is 1. The highest BCUT2D eigenvalue weighted by atomic mass is 35.5. The third-order valence-corrected chi connectivity index (χ3v) is 4.10. The largest absolute Gasteiger partial charge is 0.383 e. The predicted molar refractivity (Wildman–Crippen MR) is 106 cm³/mol. The van der Waals surface area contributed by atoms with Gasteiger partial charge in [-0.15, -0.1) is 0 Å². The molecule has 1 aromatic heterocycles. The smallest absolute Gasteiger partial charge is 0.185 e. The Bertz CT molecular complexity index is 866. The molecule has 5 nitrogen and oxygen atoms in total. The molecule has 24 heavy (non-hydrogen) atoms. The molecule has 6 N–H and O–H groups in total. The van der Waals surface area contributed by atoms with E-state index in [9.17, 15) is 0 Å². The number of benzene rings is 2. The summed E-state index contributed by atoms with van der Waals surface area (Å²) in [6, 6.07) is 9.79. The normalized spacial score (nSPS) is 10.3. The Morgan fingerprint density at radius 1 is 1.04 bits per heavy atom. The van der Waals surface area contributed by atoms with Gasteiger partial charge in [-0.3, -0.25) is 4.99 Å². The standard InChI is InChI=1S/C15H15Cl2N5.C2H6/c16-11-6-10-9-5-8(20-3-4-21-15(18)19)1-2-13(9)22-14(10)7-12(11)17;1-2/h1-2,5-7,20,22H,3-4H2,(H4,18,19,21);1-2H3. The zero-order valence-corrected chi connectivity index (χ0v) is 15.2. The SMILES string of the molecule is CC.NC(N)=NCCNc1ccc2[nH]c3cc(Cl)c(Cl)cc3c2c1. The molecule has 0 aliphatic rings. The van der Waals surface area contributed by atoms with Gasteiger partial charge in [0.15, 0.2) is 5.96 Å². The maximum atomic E-state index is 6.12. The summed E-state index contributed by atoms with van der Waals surface area (Å²) in [6.07, 6.45) is 0. The number of aliphatic imine (C=N–C) groups is 1. The van der Waals surface area contributed by atoms with Crippen LogP contribution in [0.5, 0.6) is 0 Å². The quantitative estimate of drug-likeness (QED) is 0.314. The molecule has 0 bridgehead atoms. The number of nitrogens with two attached hydrogens (primary N) is 2. The minimum atomic E-state index is 0.0976. The number of H-pyrrole nitrogens is 1. The molecule has 0 amide bonds. The monoisotopic (exact) mass is 365 g/mol. The number of hydrogen-bond acceptors (Lipinski definition) is 2. The molecule has 7 heteroatoms. The van der Waals surface area contributed by atoms with E-state index < -0.39 is 0 Å². The Morgan fingerprint density at radius 2 is 1.71 bits per heavy atom. The number of nitrogens with one attached hydrogen (secondary N) is 2. The number of hydrogen-bond donors (Lipinski definition) is 4. The van der Waals surface area contributed by atoms with Crippen LogP contribution in [-0.4, -0.2) is 24.0 Å². The molecule has 0 aliphatic heterocycles. The lowest BCUT2D eigenvalue weighted by Crippen LogP contribution is -2.23. The van der Waals surface area contributed by atoms with Gasteiger partial charge in [-0.1, -0.05) is 37.0 Å². The highest BCUT2D eigenvalue weighted by Crippen LogP contribution is 2.33. The van der Waals surface area contributed by atoms with Crippen molar-refractivity contribution in [1.82, 2.24) is 4.98 Å². The van der Waals surface area contributed by atoms with Crippen LogP contribution in [0.15, 0.2) is 35.3 Å². The van der Waals surface area contributed by atoms with Gasteiger partial charge in [-0.2, -0.15) is 0 Å². The van der Waals surface area contributed by atoms with E-state index in [-0.39, 0.29) is 5.96 Å². The molecule has 1 heterocycles. The summed E-state index contributed by atoms with van der Waals surface area (Å²) in [4.78, 5) is 7.26. The van der Waals surface area contributed by atoms with E-state index in [1.165, 1.54) is 0 Å². The van der Waals surface area contributed by atoms with Crippen molar-refractivity contribution in [3.63, 3.8) is 0 Å². The summed E-state index contributed by atoms with van der Waals surface area (Å²) in [7, 11) is 0. The van der Waals surface area contributed by atoms with Gasteiger partial charge in [0.05, 0.1) is 16.6 Å². The molecule has 0 atom stereocenters. The van der Waals surface area contributed by atoms with Gasteiger partial charge in [0.1, 0.15) is 0 Å². The van der Waals surface area contributed by atoms with E-state index in [1.807, 2.05) is 38.1 Å². The number of aromatic nitrogens is 1. The molecule has 0 fully saturated rings. The van der Waals surface area contributed by atoms with Crippen LogP contribution < -0.4 is 16.8 Å². The van der Waals surface area contributed by atoms with Crippen molar-refractivity contribution in [2.24, 2.45) is 16.5 Å². The number of anilines is 1. The van der Waals surface area contributed by atoms with E-state index in [0.29, 0.717) is 23.1 Å². The van der Waals surface area contributed by atoms with Crippen LogP contribution in [0.2, 0.25) is 10.0 Å². The highest BCUT2D eigenvalue weighted by molar-refractivity contribution is 6.43. The fourth-order valence-electron chi connectivity index (χ4n) is 2.39. The summed E-state index contributed by atoms with van der Waals surface area (Å²) in [6.45, 7) is 5.17. The number of nitrogens with zero attached hydrogens (tertiary/aromatic N) is 1. The second kappa shape index (κ2) is 8.13. The first kappa shape index (κ1) is 18.2. The maximum Gasteiger partial charge on any atom is 0.185 e. The molecule has 2 aromatic carbocycles. The Balaban J connectivity index is 0.00000100. The van der Waals surface area contributed by atoms with Gasteiger partial charge in [0, 0.05) is 34.0 Å². The molecule has 3 rings (SSSR count). The molecule has 3 aromatic rings. The van der Waals surface area contributed by atoms with Gasteiger partial charge >= 0.3 is 0 Å². The lowest BCUT2D eigenvalue weighted by atomic mass is 10.1. The van der Waals surface area contributed by atoms with E-state index in [4.69, 9.17) is 34.7 Å². The number of fused-ring (bicyclic) bond motifs is 3. The second-order valence-corrected chi connectivity index (χ2v) is 5.75. The molecule has 0 radical (unpaired) electrons. The first-order chi connectivity index (χ1) is 11.5. The molecule has 0 saturated carbocycles. The van der Waals surface area contributed by atoms with Gasteiger partial charge in [-0.25, -0.2) is 0 Å². The molecule has 0 spiro atoms. The lowest BCUT2D eigenvalue weighted by molar-refractivity contribution is 1.02. The van der Waals surface area contributed by atoms with Gasteiger partial charge < -0.3 is 21.8 Å². The third-order valence-electron chi connectivity index (χ3n) is 3.37. The Kier molecular flexibility index (Phi) is 6.17. The first-order valence-electron chi connectivity index (χ1n) is 7.74. The third kappa shape index (κ3) is 4.04. The number of halogens is 2. The molecular weight excluding hydrogens is 345 g/mol. The number of guanidine groups is 1. The average Bonchev–Trinajstić information content (AvgIpc) is 2.91. The minimum Gasteiger partial charge on any atom is -0.383 e. The molecular formula is C17H21Cl2N5. The van der Waals surface area contributed by atoms with Crippen molar-refractivity contribution in [3.8, 4) is 0 Å². The van der Waals surface area contributed by atoms with Gasteiger partial charge in [0.2, 0.25) is 0 Å². The Labute approximate surface area is 151 Å². The van der Waals surface area contributed by atoms with Crippen LogP contribution in [0.4, 0.5) is 5.69 Å². The zero-order chi connectivity index (χ0) is 17.7. The van der Waals surface area contributed by atoms with Gasteiger partial charge in [-0.05, 0) is 30.3 Å². The van der Waals surface area contributed by atoms with Gasteiger partial charge in [0.25, 0.3) is 0 Å². The second-order valence-electron chi connectivity index (χ2n) is 4.93. The van der Waals surface area contributed by atoms with E-state index >= 15 is 0 Å². The van der Waals surface area contributed by atoms with Crippen LogP contribution in [0.3, 0.4) is 0 Å². The predicted octanol–water partition coefficient (Wildman–Crippen LogP) is 4.34. The molecule has 0 aliphatic carbocycles. The Hall–Kier alpha value is -2.11. The summed E-state index contributed by atoms with van der Waals surface area (Å²) < 4.78 is 0. The van der Waals surface area contributed by atoms with Crippen molar-refractivity contribution in [2.75, 3.05) is 18.4 Å². The lowest BCUT2D eigenvalue weighted by Gasteiger charge is -2.05. The summed E-state index contributed by atoms with van der Waals surface area (Å²) in [5.41, 5.74) is 13.6. The van der Waals surface area contributed by atoms with Crippen LogP contribution in [0.25, 0.3) is 21.8 Å². The average molecular weight is 366 g/mol. The van der Waals surface area contributed by atoms with E-state index in [2.05, 4.69) is 21.4 Å². The highest BCUT2D eigenvalue weighted by Gasteiger charge is 2.08. The van der Waals surface area contributed by atoms with Crippen molar-refractivity contribution in [2.45, 2.75) is 13.8 Å². The van der Waals surface area contributed by atoms with Crippen molar-refractivity contribution < 1.29 is 0 Å². The van der Waals surface area contributed by atoms with Crippen LogP contribution in [0.1, 0.15) is 13.8 Å². The van der Waals surface area contributed by atoms with Crippen LogP contribution in [-0.2, 0) is 0 Å². The number of rotatable bonds is 4. The molecule has 0 saturated heterocycles. The van der Waals surface area contributed by atoms with Crippen molar-refractivity contribution >= 4 is 56.7 Å². The molecule has 0 unspecified atom stereocenters.